The molecule has 1 aliphatic heterocycles. The lowest BCUT2D eigenvalue weighted by Gasteiger charge is -2.27. The molecule has 3 aromatic heterocycles. The molecule has 0 atom stereocenters. The van der Waals surface area contributed by atoms with E-state index >= 15 is 0 Å². The molecule has 2 fully saturated rings. The summed E-state index contributed by atoms with van der Waals surface area (Å²) in [6, 6.07) is 6.33. The Labute approximate surface area is 170 Å². The van der Waals surface area contributed by atoms with Crippen molar-refractivity contribution in [1.82, 2.24) is 25.2 Å². The average Bonchev–Trinajstić information content (AvgIpc) is 3.60. The second-order valence-corrected chi connectivity index (χ2v) is 8.12. The molecule has 0 aromatic carbocycles. The van der Waals surface area contributed by atoms with Gasteiger partial charge in [0.15, 0.2) is 0 Å². The van der Waals surface area contributed by atoms with Gasteiger partial charge >= 0.3 is 0 Å². The predicted octanol–water partition coefficient (Wildman–Crippen LogP) is 2.62. The Balaban J connectivity index is 1.38. The van der Waals surface area contributed by atoms with Gasteiger partial charge in [-0.1, -0.05) is 0 Å². The molecule has 0 radical (unpaired) electrons. The Hall–Kier alpha value is -2.70. The summed E-state index contributed by atoms with van der Waals surface area (Å²) in [4.78, 5) is 28.0. The van der Waals surface area contributed by atoms with Gasteiger partial charge in [-0.25, -0.2) is 0 Å². The first-order valence-corrected chi connectivity index (χ1v) is 10.4. The van der Waals surface area contributed by atoms with E-state index in [9.17, 15) is 4.79 Å². The molecule has 3 aromatic rings. The highest BCUT2D eigenvalue weighted by Crippen LogP contribution is 2.31. The highest BCUT2D eigenvalue weighted by atomic mass is 16.1. The van der Waals surface area contributed by atoms with E-state index in [1.807, 2.05) is 24.7 Å². The van der Waals surface area contributed by atoms with Crippen LogP contribution in [0.25, 0.3) is 22.0 Å². The molecule has 1 saturated carbocycles. The van der Waals surface area contributed by atoms with Crippen LogP contribution in [-0.2, 0) is 17.8 Å². The van der Waals surface area contributed by atoms with Crippen molar-refractivity contribution in [2.45, 2.75) is 25.8 Å². The predicted molar refractivity (Wildman–Crippen MR) is 112 cm³/mol. The Morgan fingerprint density at radius 1 is 1.00 bits per heavy atom. The number of hydrogen-bond donors (Lipinski definition) is 1. The van der Waals surface area contributed by atoms with E-state index in [1.165, 1.54) is 5.56 Å². The van der Waals surface area contributed by atoms with Gasteiger partial charge in [-0.15, -0.1) is 0 Å². The summed E-state index contributed by atoms with van der Waals surface area (Å²) in [6.45, 7) is 5.14. The molecule has 4 heterocycles. The molecule has 6 heteroatoms. The number of Topliss-reactive ketones (excluding diaryl/α,β-unsaturated/α-hetero) is 1. The van der Waals surface area contributed by atoms with E-state index in [1.54, 1.807) is 6.20 Å². The lowest BCUT2D eigenvalue weighted by molar-refractivity contribution is -0.119. The summed E-state index contributed by atoms with van der Waals surface area (Å²) in [6.07, 6.45) is 9.99. The monoisotopic (exact) mass is 387 g/mol. The maximum absolute atomic E-state index is 12.1. The number of nitrogens with one attached hydrogen (secondary N) is 1. The van der Waals surface area contributed by atoms with Crippen LogP contribution in [0.4, 0.5) is 0 Å². The molecule has 0 bridgehead atoms. The van der Waals surface area contributed by atoms with E-state index in [-0.39, 0.29) is 5.92 Å². The van der Waals surface area contributed by atoms with Gasteiger partial charge in [-0.05, 0) is 36.6 Å². The minimum Gasteiger partial charge on any atom is -0.314 e. The molecule has 2 aliphatic rings. The van der Waals surface area contributed by atoms with Crippen LogP contribution >= 0.6 is 0 Å². The number of hydrogen-bond acceptors (Lipinski definition) is 6. The highest BCUT2D eigenvalue weighted by Gasteiger charge is 2.29. The molecule has 5 rings (SSSR count). The van der Waals surface area contributed by atoms with Crippen LogP contribution in [0.3, 0.4) is 0 Å². The number of ketones is 1. The van der Waals surface area contributed by atoms with E-state index in [0.717, 1.165) is 73.3 Å². The average molecular weight is 387 g/mol. The second kappa shape index (κ2) is 7.97. The van der Waals surface area contributed by atoms with Crippen LogP contribution in [0.15, 0.2) is 43.0 Å². The quantitative estimate of drug-likeness (QED) is 0.701. The number of carbonyl (C=O) groups excluding carboxylic acids is 1. The van der Waals surface area contributed by atoms with Gasteiger partial charge in [-0.3, -0.25) is 24.6 Å². The number of aromatic nitrogens is 3. The maximum atomic E-state index is 12.1. The lowest BCUT2D eigenvalue weighted by Crippen LogP contribution is -2.42. The third kappa shape index (κ3) is 4.33. The summed E-state index contributed by atoms with van der Waals surface area (Å²) in [5, 5.41) is 4.41. The molecule has 0 unspecified atom stereocenters. The standard InChI is InChI=1S/C23H25N5O/c29-23(17-1-2-17)10-21-9-18-8-20(13-27-22(18)14-26-21)19-7-16(11-25-12-19)15-28-5-3-24-4-6-28/h7-9,11-14,17,24H,1-6,10,15H2. The minimum absolute atomic E-state index is 0.265. The Morgan fingerprint density at radius 2 is 1.83 bits per heavy atom. The van der Waals surface area contributed by atoms with Crippen molar-refractivity contribution < 1.29 is 4.79 Å². The van der Waals surface area contributed by atoms with Crippen molar-refractivity contribution in [1.29, 1.82) is 0 Å². The van der Waals surface area contributed by atoms with Crippen LogP contribution < -0.4 is 5.32 Å². The smallest absolute Gasteiger partial charge is 0.141 e. The molecule has 148 valence electrons. The van der Waals surface area contributed by atoms with Crippen molar-refractivity contribution >= 4 is 16.7 Å². The van der Waals surface area contributed by atoms with Crippen LogP contribution in [0.1, 0.15) is 24.1 Å². The van der Waals surface area contributed by atoms with Crippen LogP contribution in [0.2, 0.25) is 0 Å². The Morgan fingerprint density at radius 3 is 2.66 bits per heavy atom. The van der Waals surface area contributed by atoms with Crippen LogP contribution in [-0.4, -0.2) is 51.8 Å². The minimum atomic E-state index is 0.265. The van der Waals surface area contributed by atoms with Crippen molar-refractivity contribution in [2.75, 3.05) is 26.2 Å². The number of carbonyl (C=O) groups is 1. The second-order valence-electron chi connectivity index (χ2n) is 8.12. The van der Waals surface area contributed by atoms with Crippen LogP contribution in [0, 0.1) is 5.92 Å². The first-order valence-electron chi connectivity index (χ1n) is 10.4. The van der Waals surface area contributed by atoms with Crippen molar-refractivity contribution in [3.63, 3.8) is 0 Å². The molecular formula is C23H25N5O. The summed E-state index contributed by atoms with van der Waals surface area (Å²) < 4.78 is 0. The number of fused-ring (bicyclic) bond motifs is 1. The Bertz CT molecular complexity index is 1040. The fourth-order valence-corrected chi connectivity index (χ4v) is 3.92. The first kappa shape index (κ1) is 18.3. The van der Waals surface area contributed by atoms with Crippen molar-refractivity contribution in [3.05, 3.63) is 54.2 Å². The third-order valence-electron chi connectivity index (χ3n) is 5.76. The number of rotatable bonds is 6. The zero-order valence-electron chi connectivity index (χ0n) is 16.5. The molecule has 0 amide bonds. The lowest BCUT2D eigenvalue weighted by atomic mass is 10.0. The van der Waals surface area contributed by atoms with E-state index < -0.39 is 0 Å². The first-order chi connectivity index (χ1) is 14.2. The van der Waals surface area contributed by atoms with E-state index in [2.05, 4.69) is 37.3 Å². The topological polar surface area (TPSA) is 71.0 Å². The molecule has 6 nitrogen and oxygen atoms in total. The zero-order valence-corrected chi connectivity index (χ0v) is 16.5. The van der Waals surface area contributed by atoms with Gasteiger partial charge in [-0.2, -0.15) is 0 Å². The van der Waals surface area contributed by atoms with Gasteiger partial charge in [0.25, 0.3) is 0 Å². The van der Waals surface area contributed by atoms with Gasteiger partial charge in [0.1, 0.15) is 5.78 Å². The summed E-state index contributed by atoms with van der Waals surface area (Å²) >= 11 is 0. The summed E-state index contributed by atoms with van der Waals surface area (Å²) in [5.74, 6) is 0.576. The van der Waals surface area contributed by atoms with E-state index in [4.69, 9.17) is 0 Å². The normalized spacial score (nSPS) is 17.5. The van der Waals surface area contributed by atoms with Crippen LogP contribution in [0.5, 0.6) is 0 Å². The fourth-order valence-electron chi connectivity index (χ4n) is 3.92. The third-order valence-corrected chi connectivity index (χ3v) is 5.76. The fraction of sp³-hybridized carbons (Fsp3) is 0.391. The molecule has 0 spiro atoms. The van der Waals surface area contributed by atoms with Crippen molar-refractivity contribution in [2.24, 2.45) is 5.92 Å². The van der Waals surface area contributed by atoms with E-state index in [0.29, 0.717) is 12.2 Å². The molecule has 29 heavy (non-hydrogen) atoms. The molecule has 1 N–H and O–H groups in total. The number of pyridine rings is 3. The largest absolute Gasteiger partial charge is 0.314 e. The Kier molecular flexibility index (Phi) is 5.04. The number of piperazine rings is 1. The molecule has 1 saturated heterocycles. The number of nitrogens with zero attached hydrogens (tertiary/aromatic N) is 4. The van der Waals surface area contributed by atoms with Gasteiger partial charge in [0, 0.05) is 85.9 Å². The SMILES string of the molecule is O=C(Cc1cc2cc(-c3cncc(CN4CCNCC4)c3)cnc2cn1)C1CC1. The van der Waals surface area contributed by atoms with Gasteiger partial charge in [0.05, 0.1) is 11.7 Å². The summed E-state index contributed by atoms with van der Waals surface area (Å²) in [5.41, 5.74) is 5.01. The highest BCUT2D eigenvalue weighted by molar-refractivity contribution is 5.87. The van der Waals surface area contributed by atoms with Gasteiger partial charge in [0.2, 0.25) is 0 Å². The molecular weight excluding hydrogens is 362 g/mol. The summed E-state index contributed by atoms with van der Waals surface area (Å²) in [7, 11) is 0. The van der Waals surface area contributed by atoms with Gasteiger partial charge < -0.3 is 5.32 Å². The molecule has 1 aliphatic carbocycles. The van der Waals surface area contributed by atoms with Crippen molar-refractivity contribution in [3.8, 4) is 11.1 Å². The maximum Gasteiger partial charge on any atom is 0.141 e. The zero-order chi connectivity index (χ0) is 19.6.